The van der Waals surface area contributed by atoms with E-state index in [0.29, 0.717) is 49.1 Å². The number of imidazole rings is 1. The first kappa shape index (κ1) is 27.2. The Hall–Kier alpha value is -3.40. The van der Waals surface area contributed by atoms with E-state index in [9.17, 15) is 17.4 Å². The van der Waals surface area contributed by atoms with Crippen molar-refractivity contribution in [2.24, 2.45) is 0 Å². The van der Waals surface area contributed by atoms with Crippen LogP contribution in [0.3, 0.4) is 0 Å². The quantitative estimate of drug-likeness (QED) is 0.206. The standard InChI is InChI=1S/C28H20Cl2F3N3O2S/c1-15-34-25(28(31,32)33)14-36(15)24-10-8-18(17-5-4-6-20(11-17)39(3)37)12-21(24)26-27(38-16(2)35-26)19-7-9-22(29)23(30)13-19/h4-14H,1-3H3. The van der Waals surface area contributed by atoms with Gasteiger partial charge in [-0.05, 0) is 60.5 Å². The van der Waals surface area contributed by atoms with E-state index in [1.807, 2.05) is 18.2 Å². The third-order valence-corrected chi connectivity index (χ3v) is 7.76. The lowest BCUT2D eigenvalue weighted by Gasteiger charge is -2.14. The number of oxazole rings is 1. The number of aryl methyl sites for hydroxylation is 2. The van der Waals surface area contributed by atoms with Crippen molar-refractivity contribution in [3.8, 4) is 39.4 Å². The minimum Gasteiger partial charge on any atom is -0.440 e. The molecule has 3 aromatic carbocycles. The van der Waals surface area contributed by atoms with E-state index in [1.54, 1.807) is 55.6 Å². The maximum Gasteiger partial charge on any atom is 0.434 e. The van der Waals surface area contributed by atoms with Crippen LogP contribution in [0.1, 0.15) is 17.4 Å². The molecule has 0 radical (unpaired) electrons. The molecule has 5 nitrogen and oxygen atoms in total. The monoisotopic (exact) mass is 589 g/mol. The molecule has 0 saturated heterocycles. The van der Waals surface area contributed by atoms with Gasteiger partial charge < -0.3 is 8.98 Å². The first-order valence-corrected chi connectivity index (χ1v) is 13.9. The Kier molecular flexibility index (Phi) is 7.17. The molecule has 5 rings (SSSR count). The molecule has 0 spiro atoms. The maximum absolute atomic E-state index is 13.5. The zero-order chi connectivity index (χ0) is 28.1. The third kappa shape index (κ3) is 5.39. The molecule has 0 aliphatic heterocycles. The van der Waals surface area contributed by atoms with Gasteiger partial charge in [0.25, 0.3) is 0 Å². The van der Waals surface area contributed by atoms with Crippen LogP contribution in [0.15, 0.2) is 76.2 Å². The topological polar surface area (TPSA) is 60.9 Å². The van der Waals surface area contributed by atoms with Crippen LogP contribution in [-0.4, -0.2) is 25.0 Å². The van der Waals surface area contributed by atoms with Crippen LogP contribution in [0.25, 0.3) is 39.4 Å². The number of nitrogens with zero attached hydrogens (tertiary/aromatic N) is 3. The van der Waals surface area contributed by atoms with Crippen molar-refractivity contribution in [1.82, 2.24) is 14.5 Å². The molecule has 0 N–H and O–H groups in total. The van der Waals surface area contributed by atoms with E-state index in [4.69, 9.17) is 27.6 Å². The highest BCUT2D eigenvalue weighted by Crippen LogP contribution is 2.40. The molecule has 1 unspecified atom stereocenters. The first-order valence-electron chi connectivity index (χ1n) is 11.6. The van der Waals surface area contributed by atoms with Gasteiger partial charge in [-0.2, -0.15) is 13.2 Å². The van der Waals surface area contributed by atoms with Crippen molar-refractivity contribution in [3.05, 3.63) is 94.3 Å². The second-order valence-corrected chi connectivity index (χ2v) is 11.0. The minimum atomic E-state index is -4.61. The lowest BCUT2D eigenvalue weighted by Crippen LogP contribution is -2.05. The van der Waals surface area contributed by atoms with Gasteiger partial charge >= 0.3 is 6.18 Å². The number of alkyl halides is 3. The molecule has 0 aliphatic carbocycles. The fourth-order valence-corrected chi connectivity index (χ4v) is 5.13. The molecule has 39 heavy (non-hydrogen) atoms. The molecular weight excluding hydrogens is 570 g/mol. The molecule has 0 bridgehead atoms. The lowest BCUT2D eigenvalue weighted by atomic mass is 9.98. The fourth-order valence-electron chi connectivity index (χ4n) is 4.27. The van der Waals surface area contributed by atoms with Gasteiger partial charge in [0.05, 0.1) is 15.7 Å². The zero-order valence-corrected chi connectivity index (χ0v) is 23.1. The third-order valence-electron chi connectivity index (χ3n) is 6.10. The normalized spacial score (nSPS) is 12.6. The van der Waals surface area contributed by atoms with E-state index in [-0.39, 0.29) is 5.82 Å². The van der Waals surface area contributed by atoms with Crippen LogP contribution in [0.4, 0.5) is 13.2 Å². The summed E-state index contributed by atoms with van der Waals surface area (Å²) in [6, 6.07) is 17.6. The van der Waals surface area contributed by atoms with Crippen LogP contribution in [0.2, 0.25) is 10.0 Å². The average molecular weight is 590 g/mol. The summed E-state index contributed by atoms with van der Waals surface area (Å²) in [4.78, 5) is 9.00. The Morgan fingerprint density at radius 3 is 2.28 bits per heavy atom. The van der Waals surface area contributed by atoms with Gasteiger partial charge in [0, 0.05) is 46.2 Å². The van der Waals surface area contributed by atoms with E-state index in [2.05, 4.69) is 9.97 Å². The van der Waals surface area contributed by atoms with Gasteiger partial charge in [0.1, 0.15) is 11.5 Å². The van der Waals surface area contributed by atoms with Crippen LogP contribution in [-0.2, 0) is 17.0 Å². The summed E-state index contributed by atoms with van der Waals surface area (Å²) >= 11 is 12.4. The van der Waals surface area contributed by atoms with E-state index in [1.165, 1.54) is 11.5 Å². The largest absolute Gasteiger partial charge is 0.440 e. The summed E-state index contributed by atoms with van der Waals surface area (Å²) in [5, 5.41) is 0.676. The van der Waals surface area contributed by atoms with Gasteiger partial charge in [-0.15, -0.1) is 0 Å². The molecule has 0 fully saturated rings. The van der Waals surface area contributed by atoms with Gasteiger partial charge in [0.2, 0.25) is 0 Å². The molecule has 1 atom stereocenters. The van der Waals surface area contributed by atoms with Crippen molar-refractivity contribution in [3.63, 3.8) is 0 Å². The predicted molar refractivity (Wildman–Crippen MR) is 147 cm³/mol. The first-order chi connectivity index (χ1) is 18.4. The molecule has 2 heterocycles. The Labute approximate surface area is 234 Å². The zero-order valence-electron chi connectivity index (χ0n) is 20.8. The second-order valence-electron chi connectivity index (χ2n) is 8.79. The molecule has 0 saturated carbocycles. The minimum absolute atomic E-state index is 0.149. The molecule has 11 heteroatoms. The van der Waals surface area contributed by atoms with E-state index < -0.39 is 22.7 Å². The summed E-state index contributed by atoms with van der Waals surface area (Å²) in [6.07, 6.45) is -2.06. The highest BCUT2D eigenvalue weighted by molar-refractivity contribution is 7.84. The summed E-state index contributed by atoms with van der Waals surface area (Å²) in [6.45, 7) is 3.18. The number of benzene rings is 3. The number of hydrogen-bond donors (Lipinski definition) is 0. The molecule has 0 amide bonds. The van der Waals surface area contributed by atoms with Crippen molar-refractivity contribution in [1.29, 1.82) is 0 Å². The van der Waals surface area contributed by atoms with Crippen LogP contribution in [0, 0.1) is 13.8 Å². The SMILES string of the molecule is Cc1nc(-c2cc(-c3cccc(S(C)=O)c3)ccc2-n2cc(C(F)(F)F)nc2C)c(-c2ccc(Cl)c(Cl)c2)o1. The average Bonchev–Trinajstić information content (AvgIpc) is 3.48. The van der Waals surface area contributed by atoms with E-state index in [0.717, 1.165) is 17.3 Å². The number of aromatic nitrogens is 3. The number of hydrogen-bond acceptors (Lipinski definition) is 4. The smallest absolute Gasteiger partial charge is 0.434 e. The summed E-state index contributed by atoms with van der Waals surface area (Å²) in [5.41, 5.74) is 2.44. The van der Waals surface area contributed by atoms with Crippen molar-refractivity contribution in [2.45, 2.75) is 24.9 Å². The van der Waals surface area contributed by atoms with Crippen molar-refractivity contribution >= 4 is 34.0 Å². The molecule has 0 aliphatic rings. The van der Waals surface area contributed by atoms with Gasteiger partial charge in [-0.25, -0.2) is 9.97 Å². The second kappa shape index (κ2) is 10.3. The van der Waals surface area contributed by atoms with Crippen molar-refractivity contribution < 1.29 is 21.8 Å². The lowest BCUT2D eigenvalue weighted by molar-refractivity contribution is -0.141. The molecule has 2 aromatic heterocycles. The molecule has 5 aromatic rings. The van der Waals surface area contributed by atoms with Crippen molar-refractivity contribution in [2.75, 3.05) is 6.26 Å². The summed E-state index contributed by atoms with van der Waals surface area (Å²) in [5.74, 6) is 0.877. The highest BCUT2D eigenvalue weighted by atomic mass is 35.5. The maximum atomic E-state index is 13.5. The summed E-state index contributed by atoms with van der Waals surface area (Å²) < 4.78 is 60.0. The summed E-state index contributed by atoms with van der Waals surface area (Å²) in [7, 11) is -1.20. The Morgan fingerprint density at radius 2 is 1.62 bits per heavy atom. The predicted octanol–water partition coefficient (Wildman–Crippen LogP) is 8.54. The van der Waals surface area contributed by atoms with Crippen LogP contribution >= 0.6 is 23.2 Å². The Morgan fingerprint density at radius 1 is 0.897 bits per heavy atom. The van der Waals surface area contributed by atoms with Gasteiger partial charge in [0.15, 0.2) is 17.3 Å². The van der Waals surface area contributed by atoms with Crippen LogP contribution < -0.4 is 0 Å². The molecular formula is C28H20Cl2F3N3O2S. The number of rotatable bonds is 5. The van der Waals surface area contributed by atoms with Crippen LogP contribution in [0.5, 0.6) is 0 Å². The Bertz CT molecular complexity index is 1740. The number of halogens is 5. The van der Waals surface area contributed by atoms with Gasteiger partial charge in [-0.1, -0.05) is 41.4 Å². The fraction of sp³-hybridized carbons (Fsp3) is 0.143. The Balaban J connectivity index is 1.78. The van der Waals surface area contributed by atoms with E-state index >= 15 is 0 Å². The molecule has 200 valence electrons. The highest BCUT2D eigenvalue weighted by Gasteiger charge is 2.35. The van der Waals surface area contributed by atoms with Gasteiger partial charge in [-0.3, -0.25) is 4.21 Å².